The van der Waals surface area contributed by atoms with Crippen LogP contribution >= 0.6 is 0 Å². The molecule has 146 valence electrons. The lowest BCUT2D eigenvalue weighted by atomic mass is 10.2. The van der Waals surface area contributed by atoms with Gasteiger partial charge >= 0.3 is 0 Å². The van der Waals surface area contributed by atoms with E-state index >= 15 is 0 Å². The molecule has 0 spiro atoms. The highest BCUT2D eigenvalue weighted by atomic mass is 16.5. The molecule has 28 heavy (non-hydrogen) atoms. The van der Waals surface area contributed by atoms with Crippen LogP contribution in [-0.4, -0.2) is 65.8 Å². The average molecular weight is 382 g/mol. The number of hydrogen-bond donors (Lipinski definition) is 1. The van der Waals surface area contributed by atoms with Gasteiger partial charge in [0.25, 0.3) is 11.8 Å². The number of carbonyl (C=O) groups excluding carboxylic acids is 3. The Labute approximate surface area is 163 Å². The fourth-order valence-corrected chi connectivity index (χ4v) is 2.93. The van der Waals surface area contributed by atoms with E-state index in [9.17, 15) is 14.4 Å². The van der Waals surface area contributed by atoms with E-state index in [1.165, 1.54) is 12.3 Å². The molecule has 2 aromatic rings. The van der Waals surface area contributed by atoms with Crippen molar-refractivity contribution in [2.75, 3.05) is 38.1 Å². The molecular weight excluding hydrogens is 360 g/mol. The molecule has 1 aliphatic heterocycles. The molecule has 0 radical (unpaired) electrons. The Morgan fingerprint density at radius 1 is 1.18 bits per heavy atom. The van der Waals surface area contributed by atoms with Crippen LogP contribution in [0.5, 0.6) is 5.75 Å². The Morgan fingerprint density at radius 3 is 2.64 bits per heavy atom. The van der Waals surface area contributed by atoms with E-state index in [0.29, 0.717) is 49.8 Å². The van der Waals surface area contributed by atoms with Crippen molar-refractivity contribution in [3.05, 3.63) is 53.9 Å². The Kier molecular flexibility index (Phi) is 6.21. The monoisotopic (exact) mass is 382 g/mol. The Hall–Kier alpha value is -3.42. The van der Waals surface area contributed by atoms with Crippen LogP contribution in [0.2, 0.25) is 0 Å². The Balaban J connectivity index is 1.71. The normalized spacial score (nSPS) is 13.8. The summed E-state index contributed by atoms with van der Waals surface area (Å²) in [6, 6.07) is 10.2. The lowest BCUT2D eigenvalue weighted by Gasteiger charge is -2.32. The third kappa shape index (κ3) is 4.46. The molecule has 3 rings (SSSR count). The number of rotatable bonds is 6. The topological polar surface area (TPSA) is 91.8 Å². The molecule has 1 saturated heterocycles. The molecule has 8 heteroatoms. The zero-order valence-electron chi connectivity index (χ0n) is 15.6. The number of anilines is 1. The number of nitrogens with one attached hydrogen (secondary N) is 1. The first-order chi connectivity index (χ1) is 13.6. The first kappa shape index (κ1) is 19.3. The fraction of sp³-hybridized carbons (Fsp3) is 0.300. The van der Waals surface area contributed by atoms with Crippen LogP contribution in [0.1, 0.15) is 27.8 Å². The summed E-state index contributed by atoms with van der Waals surface area (Å²) < 4.78 is 5.52. The van der Waals surface area contributed by atoms with Crippen LogP contribution in [0, 0.1) is 0 Å². The lowest BCUT2D eigenvalue weighted by Crippen LogP contribution is -2.48. The van der Waals surface area contributed by atoms with Crippen LogP contribution in [0.15, 0.2) is 42.6 Å². The summed E-state index contributed by atoms with van der Waals surface area (Å²) in [4.78, 5) is 43.5. The van der Waals surface area contributed by atoms with E-state index in [1.807, 2.05) is 13.0 Å². The second-order valence-electron chi connectivity index (χ2n) is 6.25. The van der Waals surface area contributed by atoms with Crippen molar-refractivity contribution in [3.8, 4) is 5.75 Å². The molecule has 2 heterocycles. The van der Waals surface area contributed by atoms with Gasteiger partial charge in [-0.15, -0.1) is 0 Å². The maximum atomic E-state index is 12.7. The van der Waals surface area contributed by atoms with Gasteiger partial charge in [-0.3, -0.25) is 19.4 Å². The molecular formula is C20H22N4O4. The number of hydrogen-bond acceptors (Lipinski definition) is 5. The molecule has 8 nitrogen and oxygen atoms in total. The third-order valence-electron chi connectivity index (χ3n) is 4.43. The minimum absolute atomic E-state index is 0.199. The number of piperazine rings is 1. The zero-order valence-corrected chi connectivity index (χ0v) is 15.6. The number of aromatic nitrogens is 1. The van der Waals surface area contributed by atoms with Crippen LogP contribution in [0.3, 0.4) is 0 Å². The van der Waals surface area contributed by atoms with Gasteiger partial charge < -0.3 is 19.9 Å². The van der Waals surface area contributed by atoms with Crippen LogP contribution in [0.4, 0.5) is 5.69 Å². The molecule has 1 aromatic heterocycles. The van der Waals surface area contributed by atoms with Crippen molar-refractivity contribution in [1.29, 1.82) is 0 Å². The second-order valence-corrected chi connectivity index (χ2v) is 6.25. The number of para-hydroxylation sites is 2. The lowest BCUT2D eigenvalue weighted by molar-refractivity contribution is -0.119. The smallest absolute Gasteiger partial charge is 0.272 e. The number of ether oxygens (including phenoxy) is 1. The molecule has 0 bridgehead atoms. The Bertz CT molecular complexity index is 863. The minimum Gasteiger partial charge on any atom is -0.492 e. The number of amides is 3. The van der Waals surface area contributed by atoms with Gasteiger partial charge in [-0.2, -0.15) is 0 Å². The van der Waals surface area contributed by atoms with Gasteiger partial charge in [0, 0.05) is 37.9 Å². The van der Waals surface area contributed by atoms with Gasteiger partial charge in [0.15, 0.2) is 0 Å². The minimum atomic E-state index is -0.352. The predicted molar refractivity (Wildman–Crippen MR) is 103 cm³/mol. The van der Waals surface area contributed by atoms with Gasteiger partial charge in [-0.05, 0) is 31.2 Å². The summed E-state index contributed by atoms with van der Waals surface area (Å²) in [5.41, 5.74) is 1.09. The fourth-order valence-electron chi connectivity index (χ4n) is 2.93. The van der Waals surface area contributed by atoms with Crippen molar-refractivity contribution in [2.24, 2.45) is 0 Å². The van der Waals surface area contributed by atoms with E-state index in [2.05, 4.69) is 10.3 Å². The molecule has 1 fully saturated rings. The quantitative estimate of drug-likeness (QED) is 0.767. The highest BCUT2D eigenvalue weighted by molar-refractivity contribution is 6.06. The van der Waals surface area contributed by atoms with E-state index in [4.69, 9.17) is 4.74 Å². The Morgan fingerprint density at radius 2 is 1.93 bits per heavy atom. The average Bonchev–Trinajstić information content (AvgIpc) is 2.75. The summed E-state index contributed by atoms with van der Waals surface area (Å²) in [6.45, 7) is 4.22. The number of carbonyl (C=O) groups is 3. The van der Waals surface area contributed by atoms with Crippen molar-refractivity contribution in [3.63, 3.8) is 0 Å². The first-order valence-electron chi connectivity index (χ1n) is 9.10. The molecule has 0 unspecified atom stereocenters. The maximum Gasteiger partial charge on any atom is 0.272 e. The molecule has 1 aliphatic rings. The predicted octanol–water partition coefficient (Wildman–Crippen LogP) is 1.65. The summed E-state index contributed by atoms with van der Waals surface area (Å²) in [6.07, 6.45) is 2.23. The first-order valence-corrected chi connectivity index (χ1v) is 9.10. The van der Waals surface area contributed by atoms with Crippen molar-refractivity contribution >= 4 is 23.9 Å². The molecule has 0 aliphatic carbocycles. The van der Waals surface area contributed by atoms with Crippen molar-refractivity contribution in [2.45, 2.75) is 6.92 Å². The van der Waals surface area contributed by atoms with Crippen LogP contribution in [-0.2, 0) is 4.79 Å². The summed E-state index contributed by atoms with van der Waals surface area (Å²) >= 11 is 0. The maximum absolute atomic E-state index is 12.7. The summed E-state index contributed by atoms with van der Waals surface area (Å²) in [5, 5.41) is 2.81. The number of benzene rings is 1. The van der Waals surface area contributed by atoms with Gasteiger partial charge in [0.2, 0.25) is 6.41 Å². The van der Waals surface area contributed by atoms with Crippen molar-refractivity contribution < 1.29 is 19.1 Å². The van der Waals surface area contributed by atoms with E-state index in [-0.39, 0.29) is 17.5 Å². The van der Waals surface area contributed by atoms with Crippen molar-refractivity contribution in [1.82, 2.24) is 14.8 Å². The van der Waals surface area contributed by atoms with Gasteiger partial charge in [-0.25, -0.2) is 0 Å². The number of nitrogens with zero attached hydrogens (tertiary/aromatic N) is 3. The summed E-state index contributed by atoms with van der Waals surface area (Å²) in [7, 11) is 0. The van der Waals surface area contributed by atoms with Gasteiger partial charge in [0.05, 0.1) is 12.3 Å². The number of pyridine rings is 1. The van der Waals surface area contributed by atoms with E-state index in [1.54, 1.807) is 34.1 Å². The second kappa shape index (κ2) is 8.98. The third-order valence-corrected chi connectivity index (χ3v) is 4.43. The molecule has 3 amide bonds. The van der Waals surface area contributed by atoms with E-state index in [0.717, 1.165) is 6.41 Å². The molecule has 1 N–H and O–H groups in total. The van der Waals surface area contributed by atoms with E-state index < -0.39 is 0 Å². The van der Waals surface area contributed by atoms with Crippen LogP contribution in [0.25, 0.3) is 0 Å². The SMILES string of the molecule is CCOc1ccccc1NC(=O)c1ccnc(C(=O)N2CCN(C=O)CC2)c1. The standard InChI is InChI=1S/C20H22N4O4/c1-2-28-18-6-4-3-5-16(18)22-19(26)15-7-8-21-17(13-15)20(27)24-11-9-23(14-25)10-12-24/h3-8,13-14H,2,9-12H2,1H3,(H,22,26). The van der Waals surface area contributed by atoms with Crippen LogP contribution < -0.4 is 10.1 Å². The van der Waals surface area contributed by atoms with Gasteiger partial charge in [0.1, 0.15) is 11.4 Å². The van der Waals surface area contributed by atoms with Gasteiger partial charge in [-0.1, -0.05) is 12.1 Å². The molecule has 0 saturated carbocycles. The largest absolute Gasteiger partial charge is 0.492 e. The summed E-state index contributed by atoms with van der Waals surface area (Å²) in [5.74, 6) is -0.0268. The zero-order chi connectivity index (χ0) is 19.9. The highest BCUT2D eigenvalue weighted by Crippen LogP contribution is 2.24. The molecule has 0 atom stereocenters. The highest BCUT2D eigenvalue weighted by Gasteiger charge is 2.23. The molecule has 1 aromatic carbocycles.